The molecule has 2 N–H and O–H groups in total. The predicted molar refractivity (Wildman–Crippen MR) is 89.9 cm³/mol. The zero-order valence-electron chi connectivity index (χ0n) is 14.1. The van der Waals surface area contributed by atoms with Gasteiger partial charge in [-0.1, -0.05) is 18.6 Å². The molecule has 2 fully saturated rings. The molecule has 2 amide bonds. The summed E-state index contributed by atoms with van der Waals surface area (Å²) in [5, 5.41) is 12.5. The number of amides is 2. The number of methoxy groups -OCH3 is 1. The molecule has 0 spiro atoms. The Morgan fingerprint density at radius 2 is 2.25 bits per heavy atom. The lowest BCUT2D eigenvalue weighted by atomic mass is 9.81. The van der Waals surface area contributed by atoms with Crippen LogP contribution in [0.2, 0.25) is 0 Å². The molecule has 3 rings (SSSR count). The number of carboxylic acids is 1. The molecule has 0 aromatic heterocycles. The second-order valence-corrected chi connectivity index (χ2v) is 6.86. The third kappa shape index (κ3) is 2.86. The Bertz CT molecular complexity index is 648. The number of nitrogens with one attached hydrogen (secondary N) is 1. The molecule has 130 valence electrons. The Morgan fingerprint density at radius 1 is 1.46 bits per heavy atom. The molecular formula is C18H24N2O4. The van der Waals surface area contributed by atoms with Gasteiger partial charge in [0.25, 0.3) is 0 Å². The van der Waals surface area contributed by atoms with E-state index in [1.54, 1.807) is 12.0 Å². The Morgan fingerprint density at radius 3 is 2.92 bits per heavy atom. The van der Waals surface area contributed by atoms with Gasteiger partial charge in [-0.3, -0.25) is 4.79 Å². The summed E-state index contributed by atoms with van der Waals surface area (Å²) in [5.74, 6) is -0.697. The van der Waals surface area contributed by atoms with E-state index in [-0.39, 0.29) is 18.1 Å². The molecule has 24 heavy (non-hydrogen) atoms. The van der Waals surface area contributed by atoms with Crippen molar-refractivity contribution in [3.63, 3.8) is 0 Å². The van der Waals surface area contributed by atoms with E-state index in [9.17, 15) is 14.7 Å². The summed E-state index contributed by atoms with van der Waals surface area (Å²) in [6.45, 7) is 2.76. The van der Waals surface area contributed by atoms with Crippen LogP contribution >= 0.6 is 0 Å². The van der Waals surface area contributed by atoms with Crippen LogP contribution < -0.4 is 5.32 Å². The molecule has 1 heterocycles. The van der Waals surface area contributed by atoms with Crippen LogP contribution in [0.25, 0.3) is 0 Å². The fourth-order valence-corrected chi connectivity index (χ4v) is 4.00. The molecule has 1 aliphatic heterocycles. The summed E-state index contributed by atoms with van der Waals surface area (Å²) >= 11 is 0. The lowest BCUT2D eigenvalue weighted by Crippen LogP contribution is -2.38. The molecule has 1 saturated carbocycles. The van der Waals surface area contributed by atoms with Crippen LogP contribution in [0, 0.1) is 11.3 Å². The molecule has 1 aromatic carbocycles. The first-order valence-corrected chi connectivity index (χ1v) is 8.38. The van der Waals surface area contributed by atoms with Gasteiger partial charge in [0.1, 0.15) is 0 Å². The summed E-state index contributed by atoms with van der Waals surface area (Å²) in [6, 6.07) is 7.30. The van der Waals surface area contributed by atoms with Crippen molar-refractivity contribution in [2.24, 2.45) is 11.3 Å². The lowest BCUT2D eigenvalue weighted by Gasteiger charge is -2.23. The number of aliphatic carboxylic acids is 1. The monoisotopic (exact) mass is 332 g/mol. The highest BCUT2D eigenvalue weighted by molar-refractivity contribution is 5.90. The number of likely N-dealkylation sites (tertiary alicyclic amines) is 1. The fourth-order valence-electron chi connectivity index (χ4n) is 4.00. The van der Waals surface area contributed by atoms with Gasteiger partial charge in [0.05, 0.1) is 11.5 Å². The van der Waals surface area contributed by atoms with E-state index in [1.807, 2.05) is 31.2 Å². The van der Waals surface area contributed by atoms with E-state index in [1.165, 1.54) is 0 Å². The van der Waals surface area contributed by atoms with Crippen LogP contribution in [0.15, 0.2) is 24.3 Å². The van der Waals surface area contributed by atoms with E-state index in [2.05, 4.69) is 5.32 Å². The number of nitrogens with zero attached hydrogens (tertiary/aromatic N) is 1. The summed E-state index contributed by atoms with van der Waals surface area (Å²) in [5.41, 5.74) is 0.933. The van der Waals surface area contributed by atoms with Crippen molar-refractivity contribution in [2.75, 3.05) is 25.5 Å². The average molecular weight is 332 g/mol. The van der Waals surface area contributed by atoms with Crippen LogP contribution in [0.4, 0.5) is 10.5 Å². The fraction of sp³-hybridized carbons (Fsp3) is 0.556. The number of ether oxygens (including phenoxy) is 1. The maximum absolute atomic E-state index is 12.6. The van der Waals surface area contributed by atoms with Crippen molar-refractivity contribution in [3.05, 3.63) is 29.8 Å². The van der Waals surface area contributed by atoms with Crippen molar-refractivity contribution in [1.82, 2.24) is 4.90 Å². The number of carbonyl (C=O) groups excluding carboxylic acids is 1. The topological polar surface area (TPSA) is 78.9 Å². The first-order chi connectivity index (χ1) is 11.5. The SMILES string of the molecule is COC(C)c1cccc(NC(=O)N2C[C@@H]3CCC[C@@]3(C(=O)O)C2)c1. The Balaban J connectivity index is 1.69. The van der Waals surface area contributed by atoms with E-state index >= 15 is 0 Å². The van der Waals surface area contributed by atoms with Gasteiger partial charge in [-0.15, -0.1) is 0 Å². The quantitative estimate of drug-likeness (QED) is 0.888. The van der Waals surface area contributed by atoms with Crippen LogP contribution in [-0.4, -0.2) is 42.2 Å². The highest BCUT2D eigenvalue weighted by Crippen LogP contribution is 2.48. The zero-order chi connectivity index (χ0) is 17.3. The number of hydrogen-bond donors (Lipinski definition) is 2. The standard InChI is InChI=1S/C18H24N2O4/c1-12(24-2)13-5-3-7-15(9-13)19-17(23)20-10-14-6-4-8-18(14,11-20)16(21)22/h3,5,7,9,12,14H,4,6,8,10-11H2,1-2H3,(H,19,23)(H,21,22)/t12?,14-,18+/m0/s1. The Kier molecular flexibility index (Phi) is 4.49. The van der Waals surface area contributed by atoms with Gasteiger partial charge in [-0.2, -0.15) is 0 Å². The van der Waals surface area contributed by atoms with Crippen molar-refractivity contribution in [3.8, 4) is 0 Å². The van der Waals surface area contributed by atoms with Gasteiger partial charge in [0, 0.05) is 25.9 Å². The van der Waals surface area contributed by atoms with Crippen LogP contribution in [0.3, 0.4) is 0 Å². The van der Waals surface area contributed by atoms with Gasteiger partial charge in [0.2, 0.25) is 0 Å². The zero-order valence-corrected chi connectivity index (χ0v) is 14.1. The molecule has 6 nitrogen and oxygen atoms in total. The summed E-state index contributed by atoms with van der Waals surface area (Å²) < 4.78 is 5.30. The number of anilines is 1. The number of fused-ring (bicyclic) bond motifs is 1. The minimum absolute atomic E-state index is 0.0525. The number of carbonyl (C=O) groups is 2. The first kappa shape index (κ1) is 16.8. The van der Waals surface area contributed by atoms with Gasteiger partial charge in [-0.25, -0.2) is 4.79 Å². The average Bonchev–Trinajstić information content (AvgIpc) is 3.12. The maximum atomic E-state index is 12.6. The summed E-state index contributed by atoms with van der Waals surface area (Å²) in [4.78, 5) is 25.9. The van der Waals surface area contributed by atoms with Crippen molar-refractivity contribution in [1.29, 1.82) is 0 Å². The molecule has 1 aliphatic carbocycles. The number of benzene rings is 1. The van der Waals surface area contributed by atoms with E-state index in [0.29, 0.717) is 25.2 Å². The molecule has 3 atom stereocenters. The predicted octanol–water partition coefficient (Wildman–Crippen LogP) is 3.11. The molecule has 0 radical (unpaired) electrons. The number of hydrogen-bond acceptors (Lipinski definition) is 3. The van der Waals surface area contributed by atoms with Gasteiger partial charge in [0.15, 0.2) is 0 Å². The van der Waals surface area contributed by atoms with Crippen molar-refractivity contribution in [2.45, 2.75) is 32.3 Å². The van der Waals surface area contributed by atoms with E-state index in [4.69, 9.17) is 4.74 Å². The van der Waals surface area contributed by atoms with E-state index < -0.39 is 11.4 Å². The first-order valence-electron chi connectivity index (χ1n) is 8.38. The molecule has 2 aliphatic rings. The Hall–Kier alpha value is -2.08. The van der Waals surface area contributed by atoms with Crippen LogP contribution in [0.5, 0.6) is 0 Å². The van der Waals surface area contributed by atoms with Crippen LogP contribution in [-0.2, 0) is 9.53 Å². The second kappa shape index (κ2) is 6.43. The summed E-state index contributed by atoms with van der Waals surface area (Å²) in [7, 11) is 1.64. The summed E-state index contributed by atoms with van der Waals surface area (Å²) in [6.07, 6.45) is 2.43. The van der Waals surface area contributed by atoms with Crippen molar-refractivity contribution < 1.29 is 19.4 Å². The largest absolute Gasteiger partial charge is 0.481 e. The van der Waals surface area contributed by atoms with Gasteiger partial charge < -0.3 is 20.1 Å². The van der Waals surface area contributed by atoms with E-state index in [0.717, 1.165) is 18.4 Å². The molecule has 0 bridgehead atoms. The Labute approximate surface area is 141 Å². The highest BCUT2D eigenvalue weighted by atomic mass is 16.5. The third-order valence-corrected chi connectivity index (χ3v) is 5.54. The maximum Gasteiger partial charge on any atom is 0.321 e. The molecule has 6 heteroatoms. The van der Waals surface area contributed by atoms with Gasteiger partial charge >= 0.3 is 12.0 Å². The minimum atomic E-state index is -0.767. The number of rotatable bonds is 4. The lowest BCUT2D eigenvalue weighted by molar-refractivity contribution is -0.149. The highest BCUT2D eigenvalue weighted by Gasteiger charge is 2.55. The number of carboxylic acid groups (broad SMARTS) is 1. The second-order valence-electron chi connectivity index (χ2n) is 6.86. The number of urea groups is 1. The molecule has 1 unspecified atom stereocenters. The molecule has 1 aromatic rings. The third-order valence-electron chi connectivity index (χ3n) is 5.54. The smallest absolute Gasteiger partial charge is 0.321 e. The minimum Gasteiger partial charge on any atom is -0.481 e. The molecule has 1 saturated heterocycles. The van der Waals surface area contributed by atoms with Crippen molar-refractivity contribution >= 4 is 17.7 Å². The normalized spacial score (nSPS) is 26.9. The molecular weight excluding hydrogens is 308 g/mol. The van der Waals surface area contributed by atoms with Crippen LogP contribution in [0.1, 0.15) is 37.9 Å². The van der Waals surface area contributed by atoms with Gasteiger partial charge in [-0.05, 0) is 43.4 Å².